The first kappa shape index (κ1) is 13.8. The number of hydrogen-bond donors (Lipinski definition) is 1. The van der Waals surface area contributed by atoms with Crippen molar-refractivity contribution in [3.05, 3.63) is 17.6 Å². The molecule has 1 aliphatic heterocycles. The van der Waals surface area contributed by atoms with Gasteiger partial charge in [-0.25, -0.2) is 9.97 Å². The average molecular weight is 276 g/mol. The molecule has 3 rings (SSSR count). The summed E-state index contributed by atoms with van der Waals surface area (Å²) in [5, 5.41) is 3.51. The molecule has 0 unspecified atom stereocenters. The van der Waals surface area contributed by atoms with E-state index < -0.39 is 0 Å². The Balaban J connectivity index is 1.57. The second-order valence-corrected chi connectivity index (χ2v) is 5.59. The number of morpholine rings is 1. The van der Waals surface area contributed by atoms with Gasteiger partial charge in [-0.05, 0) is 25.7 Å². The van der Waals surface area contributed by atoms with E-state index in [4.69, 9.17) is 4.74 Å². The number of nitrogens with zero attached hydrogens (tertiary/aromatic N) is 3. The SMILES string of the molecule is c1nc2c(c(NCCN3CCOCC3)n1)CCCCC2. The van der Waals surface area contributed by atoms with Gasteiger partial charge in [-0.3, -0.25) is 4.90 Å². The lowest BCUT2D eigenvalue weighted by atomic mass is 10.1. The highest BCUT2D eigenvalue weighted by Crippen LogP contribution is 2.23. The first-order valence-corrected chi connectivity index (χ1v) is 7.80. The lowest BCUT2D eigenvalue weighted by Crippen LogP contribution is -2.39. The third-order valence-electron chi connectivity index (χ3n) is 4.20. The fraction of sp³-hybridized carbons (Fsp3) is 0.733. The number of aromatic nitrogens is 2. The second-order valence-electron chi connectivity index (χ2n) is 5.59. The largest absolute Gasteiger partial charge is 0.379 e. The average Bonchev–Trinajstić information content (AvgIpc) is 2.74. The fourth-order valence-corrected chi connectivity index (χ4v) is 3.01. The van der Waals surface area contributed by atoms with Gasteiger partial charge >= 0.3 is 0 Å². The van der Waals surface area contributed by atoms with E-state index in [9.17, 15) is 0 Å². The molecule has 0 bridgehead atoms. The van der Waals surface area contributed by atoms with Crippen molar-refractivity contribution in [1.29, 1.82) is 0 Å². The van der Waals surface area contributed by atoms with Crippen LogP contribution in [0.25, 0.3) is 0 Å². The van der Waals surface area contributed by atoms with Crippen LogP contribution in [0.2, 0.25) is 0 Å². The highest BCUT2D eigenvalue weighted by molar-refractivity contribution is 5.46. The quantitative estimate of drug-likeness (QED) is 0.844. The van der Waals surface area contributed by atoms with Crippen LogP contribution in [-0.4, -0.2) is 54.3 Å². The zero-order valence-electron chi connectivity index (χ0n) is 12.1. The van der Waals surface area contributed by atoms with Gasteiger partial charge < -0.3 is 10.1 Å². The second kappa shape index (κ2) is 6.99. The maximum atomic E-state index is 5.37. The molecule has 2 heterocycles. The van der Waals surface area contributed by atoms with Gasteiger partial charge in [-0.2, -0.15) is 0 Å². The van der Waals surface area contributed by atoms with E-state index in [1.807, 2.05) is 0 Å². The predicted molar refractivity (Wildman–Crippen MR) is 79.0 cm³/mol. The Labute approximate surface area is 120 Å². The third-order valence-corrected chi connectivity index (χ3v) is 4.20. The van der Waals surface area contributed by atoms with Crippen molar-refractivity contribution < 1.29 is 4.74 Å². The molecule has 1 aromatic heterocycles. The van der Waals surface area contributed by atoms with Gasteiger partial charge in [0, 0.05) is 37.4 Å². The molecule has 110 valence electrons. The van der Waals surface area contributed by atoms with Crippen LogP contribution in [-0.2, 0) is 17.6 Å². The molecule has 0 atom stereocenters. The Bertz CT molecular complexity index is 432. The van der Waals surface area contributed by atoms with E-state index in [2.05, 4.69) is 20.2 Å². The van der Waals surface area contributed by atoms with Crippen molar-refractivity contribution in [2.75, 3.05) is 44.7 Å². The number of aryl methyl sites for hydroxylation is 1. The molecule has 0 radical (unpaired) electrons. The maximum absolute atomic E-state index is 5.37. The highest BCUT2D eigenvalue weighted by atomic mass is 16.5. The summed E-state index contributed by atoms with van der Waals surface area (Å²) in [6.45, 7) is 5.82. The summed E-state index contributed by atoms with van der Waals surface area (Å²) in [7, 11) is 0. The van der Waals surface area contributed by atoms with Gasteiger partial charge in [0.2, 0.25) is 0 Å². The zero-order chi connectivity index (χ0) is 13.6. The Kier molecular flexibility index (Phi) is 4.82. The molecule has 1 N–H and O–H groups in total. The maximum Gasteiger partial charge on any atom is 0.132 e. The lowest BCUT2D eigenvalue weighted by Gasteiger charge is -2.26. The molecular weight excluding hydrogens is 252 g/mol. The van der Waals surface area contributed by atoms with Crippen LogP contribution in [0.5, 0.6) is 0 Å². The Hall–Kier alpha value is -1.20. The normalized spacial score (nSPS) is 20.2. The van der Waals surface area contributed by atoms with Crippen molar-refractivity contribution in [1.82, 2.24) is 14.9 Å². The van der Waals surface area contributed by atoms with Crippen molar-refractivity contribution in [2.45, 2.75) is 32.1 Å². The van der Waals surface area contributed by atoms with Gasteiger partial charge in [0.1, 0.15) is 12.1 Å². The van der Waals surface area contributed by atoms with Gasteiger partial charge in [0.15, 0.2) is 0 Å². The molecule has 5 nitrogen and oxygen atoms in total. The van der Waals surface area contributed by atoms with Crippen LogP contribution < -0.4 is 5.32 Å². The van der Waals surface area contributed by atoms with Gasteiger partial charge in [0.05, 0.1) is 13.2 Å². The molecule has 1 fully saturated rings. The molecule has 1 saturated heterocycles. The summed E-state index contributed by atoms with van der Waals surface area (Å²) in [6, 6.07) is 0. The van der Waals surface area contributed by atoms with Crippen LogP contribution in [0.3, 0.4) is 0 Å². The highest BCUT2D eigenvalue weighted by Gasteiger charge is 2.14. The van der Waals surface area contributed by atoms with Gasteiger partial charge in [-0.1, -0.05) is 6.42 Å². The number of nitrogens with one attached hydrogen (secondary N) is 1. The van der Waals surface area contributed by atoms with Gasteiger partial charge in [0.25, 0.3) is 0 Å². The number of fused-ring (bicyclic) bond motifs is 1. The van der Waals surface area contributed by atoms with E-state index in [-0.39, 0.29) is 0 Å². The molecule has 5 heteroatoms. The fourth-order valence-electron chi connectivity index (χ4n) is 3.01. The number of anilines is 1. The summed E-state index contributed by atoms with van der Waals surface area (Å²) < 4.78 is 5.37. The minimum atomic E-state index is 0.864. The summed E-state index contributed by atoms with van der Waals surface area (Å²) in [4.78, 5) is 11.4. The molecule has 1 aliphatic carbocycles. The van der Waals surface area contributed by atoms with Crippen molar-refractivity contribution >= 4 is 5.82 Å². The summed E-state index contributed by atoms with van der Waals surface area (Å²) in [6.07, 6.45) is 7.77. The minimum Gasteiger partial charge on any atom is -0.379 e. The predicted octanol–water partition coefficient (Wildman–Crippen LogP) is 1.49. The first-order valence-electron chi connectivity index (χ1n) is 7.80. The molecule has 0 spiro atoms. The van der Waals surface area contributed by atoms with Crippen molar-refractivity contribution in [3.63, 3.8) is 0 Å². The van der Waals surface area contributed by atoms with E-state index in [0.29, 0.717) is 0 Å². The number of hydrogen-bond acceptors (Lipinski definition) is 5. The minimum absolute atomic E-state index is 0.864. The van der Waals surface area contributed by atoms with Crippen LogP contribution in [0, 0.1) is 0 Å². The monoisotopic (exact) mass is 276 g/mol. The molecule has 20 heavy (non-hydrogen) atoms. The van der Waals surface area contributed by atoms with Crippen LogP contribution in [0.4, 0.5) is 5.82 Å². The van der Waals surface area contributed by atoms with E-state index in [1.54, 1.807) is 6.33 Å². The summed E-state index contributed by atoms with van der Waals surface area (Å²) in [5.74, 6) is 1.06. The molecule has 0 aromatic carbocycles. The number of rotatable bonds is 4. The van der Waals surface area contributed by atoms with Crippen molar-refractivity contribution in [2.24, 2.45) is 0 Å². The summed E-state index contributed by atoms with van der Waals surface area (Å²) in [5.41, 5.74) is 2.61. The Morgan fingerprint density at radius 1 is 1.10 bits per heavy atom. The van der Waals surface area contributed by atoms with Crippen LogP contribution in [0.15, 0.2) is 6.33 Å². The molecule has 1 aromatic rings. The standard InChI is InChI=1S/C15H24N4O/c1-2-4-13-14(5-3-1)17-12-18-15(13)16-6-7-19-8-10-20-11-9-19/h12H,1-11H2,(H,16,17,18). The topological polar surface area (TPSA) is 50.3 Å². The third kappa shape index (κ3) is 3.46. The molecule has 0 amide bonds. The molecule has 0 saturated carbocycles. The van der Waals surface area contributed by atoms with Crippen molar-refractivity contribution in [3.8, 4) is 0 Å². The molecular formula is C15H24N4O. The molecule has 2 aliphatic rings. The van der Waals surface area contributed by atoms with E-state index >= 15 is 0 Å². The Morgan fingerprint density at radius 3 is 2.85 bits per heavy atom. The zero-order valence-corrected chi connectivity index (χ0v) is 12.1. The van der Waals surface area contributed by atoms with E-state index in [1.165, 1.54) is 30.5 Å². The number of ether oxygens (including phenoxy) is 1. The van der Waals surface area contributed by atoms with Crippen LogP contribution in [0.1, 0.15) is 30.5 Å². The summed E-state index contributed by atoms with van der Waals surface area (Å²) >= 11 is 0. The smallest absolute Gasteiger partial charge is 0.132 e. The van der Waals surface area contributed by atoms with Gasteiger partial charge in [-0.15, -0.1) is 0 Å². The lowest BCUT2D eigenvalue weighted by molar-refractivity contribution is 0.0398. The first-order chi connectivity index (χ1) is 9.93. The van der Waals surface area contributed by atoms with Crippen LogP contribution >= 0.6 is 0 Å². The Morgan fingerprint density at radius 2 is 1.95 bits per heavy atom. The van der Waals surface area contributed by atoms with E-state index in [0.717, 1.165) is 58.1 Å².